The Balaban J connectivity index is 2.15. The Kier molecular flexibility index (Phi) is 6.57. The van der Waals surface area contributed by atoms with Gasteiger partial charge in [-0.2, -0.15) is 0 Å². The first-order chi connectivity index (χ1) is 11.5. The maximum Gasteiger partial charge on any atom is 0.293 e. The van der Waals surface area contributed by atoms with E-state index in [4.69, 9.17) is 4.42 Å². The van der Waals surface area contributed by atoms with Crippen LogP contribution in [0.1, 0.15) is 27.3 Å². The van der Waals surface area contributed by atoms with Crippen molar-refractivity contribution in [3.8, 4) is 0 Å². The lowest BCUT2D eigenvalue weighted by Gasteiger charge is -2.19. The predicted molar refractivity (Wildman–Crippen MR) is 96.5 cm³/mol. The first-order valence-corrected chi connectivity index (χ1v) is 8.39. The molecule has 0 fully saturated rings. The number of amides is 2. The Morgan fingerprint density at radius 2 is 1.92 bits per heavy atom. The third-order valence-electron chi connectivity index (χ3n) is 3.49. The second-order valence-electron chi connectivity index (χ2n) is 5.20. The lowest BCUT2D eigenvalue weighted by Crippen LogP contribution is -2.31. The van der Waals surface area contributed by atoms with Crippen molar-refractivity contribution < 1.29 is 14.0 Å². The summed E-state index contributed by atoms with van der Waals surface area (Å²) in [6, 6.07) is 10.2. The number of nitrogens with one attached hydrogen (secondary N) is 2. The average molecular weight is 394 g/mol. The molecule has 7 heteroatoms. The van der Waals surface area contributed by atoms with Crippen LogP contribution < -0.4 is 15.5 Å². The van der Waals surface area contributed by atoms with Crippen LogP contribution in [0.4, 0.5) is 5.69 Å². The van der Waals surface area contributed by atoms with Gasteiger partial charge in [-0.15, -0.1) is 0 Å². The molecule has 2 amide bonds. The molecule has 1 aromatic heterocycles. The largest absolute Gasteiger partial charge is 0.444 e. The molecule has 0 bridgehead atoms. The molecule has 0 saturated heterocycles. The van der Waals surface area contributed by atoms with E-state index in [-0.39, 0.29) is 17.6 Å². The summed E-state index contributed by atoms with van der Waals surface area (Å²) >= 11 is 3.18. The standard InChI is InChI=1S/C17H20BrN3O3/c1-19-10-5-11-20-16(22)12-6-3-4-7-13(12)21(2)17(23)14-8-9-15(18)24-14/h3-4,6-9,19H,5,10-11H2,1-2H3,(H,20,22). The van der Waals surface area contributed by atoms with Gasteiger partial charge in [-0.1, -0.05) is 12.1 Å². The van der Waals surface area contributed by atoms with Gasteiger partial charge >= 0.3 is 0 Å². The highest BCUT2D eigenvalue weighted by atomic mass is 79.9. The number of carbonyl (C=O) groups excluding carboxylic acids is 2. The second kappa shape index (κ2) is 8.65. The molecule has 1 heterocycles. The Hall–Kier alpha value is -2.12. The van der Waals surface area contributed by atoms with Crippen molar-refractivity contribution in [2.24, 2.45) is 0 Å². The molecule has 0 saturated carbocycles. The van der Waals surface area contributed by atoms with Crippen LogP contribution in [0.15, 0.2) is 45.5 Å². The van der Waals surface area contributed by atoms with Crippen molar-refractivity contribution >= 4 is 33.4 Å². The molecule has 0 aliphatic rings. The van der Waals surface area contributed by atoms with Gasteiger partial charge in [0.05, 0.1) is 11.3 Å². The monoisotopic (exact) mass is 393 g/mol. The Labute approximate surface area is 149 Å². The number of carbonyl (C=O) groups is 2. The summed E-state index contributed by atoms with van der Waals surface area (Å²) in [7, 11) is 3.48. The van der Waals surface area contributed by atoms with Crippen LogP contribution in [0.25, 0.3) is 0 Å². The van der Waals surface area contributed by atoms with Gasteiger partial charge in [-0.05, 0) is 60.2 Å². The van der Waals surface area contributed by atoms with E-state index in [1.807, 2.05) is 7.05 Å². The summed E-state index contributed by atoms with van der Waals surface area (Å²) in [4.78, 5) is 26.3. The van der Waals surface area contributed by atoms with Gasteiger partial charge in [0.2, 0.25) is 0 Å². The molecule has 0 aliphatic carbocycles. The van der Waals surface area contributed by atoms with Crippen LogP contribution in [0.2, 0.25) is 0 Å². The molecule has 0 aliphatic heterocycles. The topological polar surface area (TPSA) is 74.6 Å². The van der Waals surface area contributed by atoms with E-state index >= 15 is 0 Å². The highest BCUT2D eigenvalue weighted by Crippen LogP contribution is 2.23. The van der Waals surface area contributed by atoms with Crippen molar-refractivity contribution in [2.75, 3.05) is 32.1 Å². The smallest absolute Gasteiger partial charge is 0.293 e. The molecule has 0 unspecified atom stereocenters. The maximum absolute atomic E-state index is 12.5. The maximum atomic E-state index is 12.5. The van der Waals surface area contributed by atoms with E-state index < -0.39 is 0 Å². The number of anilines is 1. The number of hydrogen-bond donors (Lipinski definition) is 2. The predicted octanol–water partition coefficient (Wildman–Crippen LogP) is 2.66. The van der Waals surface area contributed by atoms with Gasteiger partial charge < -0.3 is 20.0 Å². The Morgan fingerprint density at radius 3 is 2.58 bits per heavy atom. The molecule has 1 aromatic carbocycles. The fourth-order valence-corrected chi connectivity index (χ4v) is 2.53. The van der Waals surface area contributed by atoms with E-state index in [1.165, 1.54) is 4.90 Å². The third-order valence-corrected chi connectivity index (χ3v) is 3.91. The summed E-state index contributed by atoms with van der Waals surface area (Å²) in [6.07, 6.45) is 0.833. The Bertz CT molecular complexity index is 715. The van der Waals surface area contributed by atoms with Crippen LogP contribution >= 0.6 is 15.9 Å². The minimum Gasteiger partial charge on any atom is -0.444 e. The van der Waals surface area contributed by atoms with Crippen LogP contribution in [0.3, 0.4) is 0 Å². The highest BCUT2D eigenvalue weighted by molar-refractivity contribution is 9.10. The fourth-order valence-electron chi connectivity index (χ4n) is 2.22. The molecule has 24 heavy (non-hydrogen) atoms. The normalized spacial score (nSPS) is 10.5. The summed E-state index contributed by atoms with van der Waals surface area (Å²) in [5.41, 5.74) is 0.976. The number of furan rings is 1. The van der Waals surface area contributed by atoms with E-state index in [0.29, 0.717) is 22.5 Å². The lowest BCUT2D eigenvalue weighted by atomic mass is 10.1. The number of hydrogen-bond acceptors (Lipinski definition) is 4. The quantitative estimate of drug-likeness (QED) is 0.709. The zero-order valence-corrected chi connectivity index (χ0v) is 15.2. The van der Waals surface area contributed by atoms with Crippen LogP contribution in [0.5, 0.6) is 0 Å². The van der Waals surface area contributed by atoms with Crippen LogP contribution in [0, 0.1) is 0 Å². The molecule has 2 N–H and O–H groups in total. The Morgan fingerprint density at radius 1 is 1.17 bits per heavy atom. The van der Waals surface area contributed by atoms with Crippen molar-refractivity contribution in [3.63, 3.8) is 0 Å². The average Bonchev–Trinajstić information content (AvgIpc) is 3.03. The third kappa shape index (κ3) is 4.46. The van der Waals surface area contributed by atoms with Gasteiger partial charge in [0, 0.05) is 13.6 Å². The molecule has 0 radical (unpaired) electrons. The molecule has 0 spiro atoms. The van der Waals surface area contributed by atoms with Gasteiger partial charge in [0.15, 0.2) is 10.4 Å². The van der Waals surface area contributed by atoms with Gasteiger partial charge in [-0.3, -0.25) is 9.59 Å². The summed E-state index contributed by atoms with van der Waals surface area (Å²) < 4.78 is 5.78. The highest BCUT2D eigenvalue weighted by Gasteiger charge is 2.21. The number of nitrogens with zero attached hydrogens (tertiary/aromatic N) is 1. The van der Waals surface area contributed by atoms with Gasteiger partial charge in [0.1, 0.15) is 0 Å². The van der Waals surface area contributed by atoms with E-state index in [1.54, 1.807) is 43.4 Å². The lowest BCUT2D eigenvalue weighted by molar-refractivity contribution is 0.0953. The summed E-state index contributed by atoms with van der Waals surface area (Å²) in [5, 5.41) is 5.89. The number of halogens is 1. The molecular weight excluding hydrogens is 374 g/mol. The second-order valence-corrected chi connectivity index (χ2v) is 5.98. The first-order valence-electron chi connectivity index (χ1n) is 7.60. The molecular formula is C17H20BrN3O3. The first kappa shape index (κ1) is 18.2. The van der Waals surface area contributed by atoms with Crippen LogP contribution in [-0.4, -0.2) is 39.0 Å². The van der Waals surface area contributed by atoms with Crippen molar-refractivity contribution in [2.45, 2.75) is 6.42 Å². The number of para-hydroxylation sites is 1. The van der Waals surface area contributed by atoms with E-state index in [2.05, 4.69) is 26.6 Å². The van der Waals surface area contributed by atoms with E-state index in [9.17, 15) is 9.59 Å². The minimum atomic E-state index is -0.323. The number of rotatable bonds is 7. The zero-order valence-electron chi connectivity index (χ0n) is 13.6. The summed E-state index contributed by atoms with van der Waals surface area (Å²) in [5.74, 6) is -0.327. The molecule has 2 aromatic rings. The zero-order chi connectivity index (χ0) is 17.5. The van der Waals surface area contributed by atoms with Crippen molar-refractivity contribution in [3.05, 3.63) is 52.4 Å². The molecule has 0 atom stereocenters. The van der Waals surface area contributed by atoms with Gasteiger partial charge in [0.25, 0.3) is 11.8 Å². The van der Waals surface area contributed by atoms with Gasteiger partial charge in [-0.25, -0.2) is 0 Å². The molecule has 128 valence electrons. The van der Waals surface area contributed by atoms with Crippen LogP contribution in [-0.2, 0) is 0 Å². The summed E-state index contributed by atoms with van der Waals surface area (Å²) in [6.45, 7) is 1.39. The van der Waals surface area contributed by atoms with Crippen molar-refractivity contribution in [1.29, 1.82) is 0 Å². The number of benzene rings is 1. The molecule has 6 nitrogen and oxygen atoms in total. The van der Waals surface area contributed by atoms with E-state index in [0.717, 1.165) is 13.0 Å². The fraction of sp³-hybridized carbons (Fsp3) is 0.294. The molecule has 2 rings (SSSR count). The minimum absolute atomic E-state index is 0.202. The van der Waals surface area contributed by atoms with Crippen molar-refractivity contribution in [1.82, 2.24) is 10.6 Å². The SMILES string of the molecule is CNCCCNC(=O)c1ccccc1N(C)C(=O)c1ccc(Br)o1.